The molecule has 0 aliphatic heterocycles. The summed E-state index contributed by atoms with van der Waals surface area (Å²) in [4.78, 5) is 45.8. The summed E-state index contributed by atoms with van der Waals surface area (Å²) in [7, 11) is 1.17. The fourth-order valence-electron chi connectivity index (χ4n) is 1.43. The van der Waals surface area contributed by atoms with Gasteiger partial charge in [-0.05, 0) is 18.2 Å². The summed E-state index contributed by atoms with van der Waals surface area (Å²) in [5, 5.41) is 4.60. The smallest absolute Gasteiger partial charge is 0.325 e. The van der Waals surface area contributed by atoms with Crippen LogP contribution in [0.5, 0.6) is 0 Å². The summed E-state index contributed by atoms with van der Waals surface area (Å²) in [5.41, 5.74) is 0.228. The summed E-state index contributed by atoms with van der Waals surface area (Å²) < 4.78 is 4.92. The molecule has 0 aromatic heterocycles. The number of nitrogens with one attached hydrogen (secondary N) is 2. The van der Waals surface area contributed by atoms with Crippen LogP contribution in [-0.2, 0) is 19.1 Å². The van der Waals surface area contributed by atoms with Crippen molar-refractivity contribution >= 4 is 45.2 Å². The van der Waals surface area contributed by atoms with Gasteiger partial charge in [-0.3, -0.25) is 19.2 Å². The zero-order valence-corrected chi connectivity index (χ0v) is 12.9. The molecule has 0 radical (unpaired) electrons. The van der Waals surface area contributed by atoms with E-state index in [-0.39, 0.29) is 17.2 Å². The molecule has 0 aliphatic carbocycles. The van der Waals surface area contributed by atoms with Crippen molar-refractivity contribution in [2.45, 2.75) is 6.92 Å². The van der Waals surface area contributed by atoms with Crippen LogP contribution in [0.4, 0.5) is 5.69 Å². The number of benzene rings is 1. The number of methoxy groups -OCH3 is 1. The van der Waals surface area contributed by atoms with Gasteiger partial charge in [-0.2, -0.15) is 0 Å². The Kier molecular flexibility index (Phi) is 6.04. The van der Waals surface area contributed by atoms with Gasteiger partial charge in [0.1, 0.15) is 6.54 Å². The highest BCUT2D eigenvalue weighted by Gasteiger charge is 2.21. The first-order chi connectivity index (χ1) is 9.85. The van der Waals surface area contributed by atoms with Gasteiger partial charge in [0.15, 0.2) is 0 Å². The van der Waals surface area contributed by atoms with Crippen LogP contribution in [-0.4, -0.2) is 37.2 Å². The van der Waals surface area contributed by atoms with Crippen LogP contribution in [0.25, 0.3) is 0 Å². The normalized spacial score (nSPS) is 9.67. The van der Waals surface area contributed by atoms with E-state index >= 15 is 0 Å². The first kappa shape index (κ1) is 16.8. The molecule has 0 bridgehead atoms. The molecule has 1 aromatic rings. The number of ketones is 1. The zero-order valence-electron chi connectivity index (χ0n) is 11.4. The molecule has 112 valence electrons. The number of rotatable bonds is 5. The van der Waals surface area contributed by atoms with Gasteiger partial charge in [0.2, 0.25) is 5.91 Å². The lowest BCUT2D eigenvalue weighted by atomic mass is 10.1. The summed E-state index contributed by atoms with van der Waals surface area (Å²) in [6, 6.07) is 4.52. The molecule has 0 fully saturated rings. The molecule has 8 heteroatoms. The van der Waals surface area contributed by atoms with Crippen molar-refractivity contribution in [3.63, 3.8) is 0 Å². The third-order valence-corrected chi connectivity index (χ3v) is 2.86. The predicted molar refractivity (Wildman–Crippen MR) is 77.8 cm³/mol. The lowest BCUT2D eigenvalue weighted by molar-refractivity contribution is -0.140. The molecule has 2 amide bonds. The highest BCUT2D eigenvalue weighted by atomic mass is 79.9. The first-order valence-electron chi connectivity index (χ1n) is 5.81. The van der Waals surface area contributed by atoms with Gasteiger partial charge in [0, 0.05) is 11.4 Å². The summed E-state index contributed by atoms with van der Waals surface area (Å²) in [6.45, 7) is 0.873. The lowest BCUT2D eigenvalue weighted by Gasteiger charge is -2.09. The topological polar surface area (TPSA) is 102 Å². The molecule has 0 spiro atoms. The number of carbonyl (C=O) groups is 4. The second-order valence-corrected chi connectivity index (χ2v) is 4.87. The highest BCUT2D eigenvalue weighted by molar-refractivity contribution is 9.10. The summed E-state index contributed by atoms with van der Waals surface area (Å²) >= 11 is 3.18. The minimum Gasteiger partial charge on any atom is -0.468 e. The fraction of sp³-hybridized carbons (Fsp3) is 0.231. The average Bonchev–Trinajstić information content (AvgIpc) is 2.44. The Hall–Kier alpha value is -2.22. The van der Waals surface area contributed by atoms with Crippen molar-refractivity contribution in [2.24, 2.45) is 0 Å². The number of carbonyl (C=O) groups excluding carboxylic acids is 4. The molecular formula is C13H13BrN2O5. The number of hydrogen-bond donors (Lipinski definition) is 2. The maximum absolute atomic E-state index is 12.1. The molecule has 21 heavy (non-hydrogen) atoms. The standard InChI is InChI=1S/C13H13BrN2O5/c1-7(17)16-10-4-3-8(14)5-9(10)12(19)13(20)15-6-11(18)21-2/h3-5H,6H2,1-2H3,(H,15,20)(H,16,17). The van der Waals surface area contributed by atoms with E-state index in [2.05, 4.69) is 31.3 Å². The van der Waals surface area contributed by atoms with Crippen LogP contribution in [0.15, 0.2) is 22.7 Å². The van der Waals surface area contributed by atoms with Crippen molar-refractivity contribution in [1.82, 2.24) is 5.32 Å². The van der Waals surface area contributed by atoms with Crippen molar-refractivity contribution in [2.75, 3.05) is 19.0 Å². The van der Waals surface area contributed by atoms with Gasteiger partial charge in [-0.25, -0.2) is 0 Å². The number of hydrogen-bond acceptors (Lipinski definition) is 5. The van der Waals surface area contributed by atoms with Crippen molar-refractivity contribution in [3.05, 3.63) is 28.2 Å². The zero-order chi connectivity index (χ0) is 16.0. The fourth-order valence-corrected chi connectivity index (χ4v) is 1.79. The predicted octanol–water partition coefficient (Wildman–Crippen LogP) is 0.879. The lowest BCUT2D eigenvalue weighted by Crippen LogP contribution is -2.35. The second kappa shape index (κ2) is 7.53. The van der Waals surface area contributed by atoms with Crippen LogP contribution >= 0.6 is 15.9 Å². The summed E-state index contributed by atoms with van der Waals surface area (Å²) in [5.74, 6) is -2.89. The molecule has 1 rings (SSSR count). The number of anilines is 1. The molecule has 0 unspecified atom stereocenters. The maximum Gasteiger partial charge on any atom is 0.325 e. The van der Waals surface area contributed by atoms with Crippen molar-refractivity contribution < 1.29 is 23.9 Å². The Morgan fingerprint density at radius 3 is 2.48 bits per heavy atom. The Morgan fingerprint density at radius 2 is 1.90 bits per heavy atom. The Morgan fingerprint density at radius 1 is 1.24 bits per heavy atom. The Balaban J connectivity index is 2.94. The van der Waals surface area contributed by atoms with E-state index in [4.69, 9.17) is 0 Å². The minimum absolute atomic E-state index is 0.0157. The molecule has 1 aromatic carbocycles. The van der Waals surface area contributed by atoms with E-state index in [1.54, 1.807) is 6.07 Å². The van der Waals surface area contributed by atoms with Gasteiger partial charge < -0.3 is 15.4 Å². The van der Waals surface area contributed by atoms with Gasteiger partial charge in [-0.1, -0.05) is 15.9 Å². The van der Waals surface area contributed by atoms with E-state index in [1.807, 2.05) is 0 Å². The van der Waals surface area contributed by atoms with Crippen LogP contribution in [0, 0.1) is 0 Å². The van der Waals surface area contributed by atoms with Crippen molar-refractivity contribution in [3.8, 4) is 0 Å². The molecule has 0 heterocycles. The SMILES string of the molecule is COC(=O)CNC(=O)C(=O)c1cc(Br)ccc1NC(C)=O. The molecule has 0 saturated carbocycles. The number of ether oxygens (including phenoxy) is 1. The number of Topliss-reactive ketones (excluding diaryl/α,β-unsaturated/α-hetero) is 1. The van der Waals surface area contributed by atoms with Gasteiger partial charge in [0.05, 0.1) is 18.4 Å². The molecule has 2 N–H and O–H groups in total. The minimum atomic E-state index is -0.967. The monoisotopic (exact) mass is 356 g/mol. The highest BCUT2D eigenvalue weighted by Crippen LogP contribution is 2.21. The maximum atomic E-state index is 12.1. The van der Waals surface area contributed by atoms with E-state index in [1.165, 1.54) is 26.2 Å². The van der Waals surface area contributed by atoms with Gasteiger partial charge >= 0.3 is 5.97 Å². The van der Waals surface area contributed by atoms with Gasteiger partial charge in [0.25, 0.3) is 11.7 Å². The number of esters is 1. The van der Waals surface area contributed by atoms with Crippen molar-refractivity contribution in [1.29, 1.82) is 0 Å². The van der Waals surface area contributed by atoms with E-state index in [0.29, 0.717) is 4.47 Å². The van der Waals surface area contributed by atoms with E-state index < -0.39 is 24.2 Å². The van der Waals surface area contributed by atoms with Gasteiger partial charge in [-0.15, -0.1) is 0 Å². The van der Waals surface area contributed by atoms with E-state index in [0.717, 1.165) is 0 Å². The molecule has 0 aliphatic rings. The molecule has 7 nitrogen and oxygen atoms in total. The number of amides is 2. The van der Waals surface area contributed by atoms with Crippen LogP contribution in [0.1, 0.15) is 17.3 Å². The molecule has 0 atom stereocenters. The molecule has 0 saturated heterocycles. The van der Waals surface area contributed by atoms with E-state index in [9.17, 15) is 19.2 Å². The molecular weight excluding hydrogens is 344 g/mol. The van der Waals surface area contributed by atoms with Crippen LogP contribution in [0.3, 0.4) is 0 Å². The largest absolute Gasteiger partial charge is 0.468 e. The summed E-state index contributed by atoms with van der Waals surface area (Å²) in [6.07, 6.45) is 0. The number of halogens is 1. The second-order valence-electron chi connectivity index (χ2n) is 3.96. The Labute approximate surface area is 129 Å². The first-order valence-corrected chi connectivity index (χ1v) is 6.61. The van der Waals surface area contributed by atoms with Crippen LogP contribution in [0.2, 0.25) is 0 Å². The Bertz CT molecular complexity index is 600. The average molecular weight is 357 g/mol. The third-order valence-electron chi connectivity index (χ3n) is 2.36. The third kappa shape index (κ3) is 4.99. The van der Waals surface area contributed by atoms with Crippen LogP contribution < -0.4 is 10.6 Å². The quantitative estimate of drug-likeness (QED) is 0.463.